The van der Waals surface area contributed by atoms with Crippen LogP contribution in [-0.4, -0.2) is 4.57 Å². The van der Waals surface area contributed by atoms with Crippen LogP contribution in [0.5, 0.6) is 0 Å². The third kappa shape index (κ3) is 4.74. The highest BCUT2D eigenvalue weighted by Gasteiger charge is 2.26. The van der Waals surface area contributed by atoms with Gasteiger partial charge >= 0.3 is 0 Å². The van der Waals surface area contributed by atoms with E-state index < -0.39 is 0 Å². The van der Waals surface area contributed by atoms with Gasteiger partial charge < -0.3 is 9.47 Å². The molecule has 2 aliphatic carbocycles. The fourth-order valence-electron chi connectivity index (χ4n) is 8.95. The molecule has 1 heterocycles. The first-order valence-electron chi connectivity index (χ1n) is 18.9. The first kappa shape index (κ1) is 30.7. The number of anilines is 3. The first-order valence-corrected chi connectivity index (χ1v) is 18.9. The minimum absolute atomic E-state index is 1.07. The van der Waals surface area contributed by atoms with Crippen molar-refractivity contribution in [3.8, 4) is 39.1 Å². The van der Waals surface area contributed by atoms with Gasteiger partial charge in [-0.2, -0.15) is 0 Å². The Morgan fingerprint density at radius 3 is 1.63 bits per heavy atom. The summed E-state index contributed by atoms with van der Waals surface area (Å²) in [5.74, 6) is 0. The van der Waals surface area contributed by atoms with Crippen molar-refractivity contribution in [3.05, 3.63) is 200 Å². The summed E-state index contributed by atoms with van der Waals surface area (Å²) >= 11 is 0. The Morgan fingerprint density at radius 2 is 0.981 bits per heavy atom. The molecule has 0 saturated heterocycles. The molecule has 254 valence electrons. The van der Waals surface area contributed by atoms with Gasteiger partial charge in [-0.1, -0.05) is 133 Å². The average molecular weight is 689 g/mol. The van der Waals surface area contributed by atoms with Crippen LogP contribution >= 0.6 is 0 Å². The molecule has 1 aromatic heterocycles. The van der Waals surface area contributed by atoms with E-state index in [1.54, 1.807) is 0 Å². The highest BCUT2D eigenvalue weighted by Crippen LogP contribution is 2.51. The number of nitrogens with zero attached hydrogens (tertiary/aromatic N) is 2. The lowest BCUT2D eigenvalue weighted by molar-refractivity contribution is 1.04. The van der Waals surface area contributed by atoms with Gasteiger partial charge in [0.05, 0.1) is 11.0 Å². The Labute approximate surface area is 315 Å². The number of hydrogen-bond acceptors (Lipinski definition) is 1. The summed E-state index contributed by atoms with van der Waals surface area (Å²) in [6, 6.07) is 64.4. The second kappa shape index (κ2) is 12.4. The molecule has 0 atom stereocenters. The SMILES string of the molecule is C1=CC(c2cc3c4c5c(cccc25)-c2ccccc2-c2cccc(c24)n3-c2ccc(-c3ccc(N(c4ccccc4)c4ccccc4)cc3)cc2)=CCC1. The van der Waals surface area contributed by atoms with Crippen LogP contribution in [0.1, 0.15) is 18.4 Å². The quantitative estimate of drug-likeness (QED) is 0.169. The maximum Gasteiger partial charge on any atom is 0.0554 e. The van der Waals surface area contributed by atoms with E-state index in [0.717, 1.165) is 35.6 Å². The van der Waals surface area contributed by atoms with Crippen molar-refractivity contribution in [1.82, 2.24) is 4.57 Å². The monoisotopic (exact) mass is 688 g/mol. The number of para-hydroxylation sites is 2. The zero-order valence-corrected chi connectivity index (χ0v) is 29.8. The van der Waals surface area contributed by atoms with E-state index >= 15 is 0 Å². The number of aromatic nitrogens is 1. The molecule has 0 fully saturated rings. The van der Waals surface area contributed by atoms with Gasteiger partial charge in [0.15, 0.2) is 0 Å². The second-order valence-electron chi connectivity index (χ2n) is 14.4. The van der Waals surface area contributed by atoms with Crippen LogP contribution in [0.4, 0.5) is 17.1 Å². The Balaban J connectivity index is 1.07. The van der Waals surface area contributed by atoms with E-state index in [4.69, 9.17) is 0 Å². The van der Waals surface area contributed by atoms with E-state index in [0.29, 0.717) is 0 Å². The zero-order chi connectivity index (χ0) is 35.6. The van der Waals surface area contributed by atoms with Crippen LogP contribution in [0.2, 0.25) is 0 Å². The number of fused-ring (bicyclic) bond motifs is 3. The van der Waals surface area contributed by atoms with E-state index in [1.807, 2.05) is 0 Å². The van der Waals surface area contributed by atoms with Crippen molar-refractivity contribution in [2.45, 2.75) is 12.8 Å². The lowest BCUT2D eigenvalue weighted by Gasteiger charge is -2.25. The van der Waals surface area contributed by atoms with Crippen molar-refractivity contribution < 1.29 is 0 Å². The van der Waals surface area contributed by atoms with Crippen molar-refractivity contribution in [3.63, 3.8) is 0 Å². The summed E-state index contributed by atoms with van der Waals surface area (Å²) in [4.78, 5) is 2.30. The number of allylic oxidation sites excluding steroid dienone is 4. The summed E-state index contributed by atoms with van der Waals surface area (Å²) in [7, 11) is 0. The second-order valence-corrected chi connectivity index (χ2v) is 14.4. The average Bonchev–Trinajstić information content (AvgIpc) is 3.52. The summed E-state index contributed by atoms with van der Waals surface area (Å²) < 4.78 is 2.50. The van der Waals surface area contributed by atoms with Crippen molar-refractivity contribution >= 4 is 55.2 Å². The molecular formula is C52H36N2. The van der Waals surface area contributed by atoms with Crippen molar-refractivity contribution in [2.24, 2.45) is 0 Å². The summed E-state index contributed by atoms with van der Waals surface area (Å²) in [5, 5.41) is 5.34. The van der Waals surface area contributed by atoms with E-state index in [9.17, 15) is 0 Å². The molecule has 2 heteroatoms. The van der Waals surface area contributed by atoms with Crippen molar-refractivity contribution in [2.75, 3.05) is 4.90 Å². The van der Waals surface area contributed by atoms with Gasteiger partial charge in [0.25, 0.3) is 0 Å². The molecule has 0 N–H and O–H groups in total. The molecule has 2 aliphatic rings. The van der Waals surface area contributed by atoms with E-state index in [2.05, 4.69) is 204 Å². The number of benzene rings is 8. The minimum atomic E-state index is 1.07. The highest BCUT2D eigenvalue weighted by molar-refractivity contribution is 6.31. The molecular weight excluding hydrogens is 653 g/mol. The topological polar surface area (TPSA) is 8.17 Å². The van der Waals surface area contributed by atoms with Crippen LogP contribution < -0.4 is 4.90 Å². The molecule has 0 bridgehead atoms. The number of rotatable bonds is 6. The molecule has 2 nitrogen and oxygen atoms in total. The molecule has 0 unspecified atom stereocenters. The molecule has 54 heavy (non-hydrogen) atoms. The normalized spacial score (nSPS) is 13.1. The Kier molecular flexibility index (Phi) is 7.03. The fourth-order valence-corrected chi connectivity index (χ4v) is 8.95. The third-order valence-electron chi connectivity index (χ3n) is 11.3. The maximum atomic E-state index is 2.50. The Bertz CT molecular complexity index is 2910. The van der Waals surface area contributed by atoms with Gasteiger partial charge in [0, 0.05) is 38.9 Å². The molecule has 0 radical (unpaired) electrons. The van der Waals surface area contributed by atoms with E-state index in [-0.39, 0.29) is 0 Å². The van der Waals surface area contributed by atoms with Crippen LogP contribution in [0.25, 0.3) is 77.2 Å². The Morgan fingerprint density at radius 1 is 0.407 bits per heavy atom. The minimum Gasteiger partial charge on any atom is -0.311 e. The van der Waals surface area contributed by atoms with Gasteiger partial charge in [-0.3, -0.25) is 0 Å². The van der Waals surface area contributed by atoms with Gasteiger partial charge in [-0.15, -0.1) is 0 Å². The molecule has 11 rings (SSSR count). The molecule has 0 saturated carbocycles. The van der Waals surface area contributed by atoms with Crippen LogP contribution in [0.3, 0.4) is 0 Å². The number of hydrogen-bond donors (Lipinski definition) is 0. The smallest absolute Gasteiger partial charge is 0.0554 e. The maximum absolute atomic E-state index is 2.50. The molecule has 8 aromatic carbocycles. The van der Waals surface area contributed by atoms with Gasteiger partial charge in [-0.25, -0.2) is 0 Å². The lowest BCUT2D eigenvalue weighted by Crippen LogP contribution is -2.09. The van der Waals surface area contributed by atoms with Gasteiger partial charge in [-0.05, 0) is 123 Å². The summed E-state index contributed by atoms with van der Waals surface area (Å²) in [6.45, 7) is 0. The highest BCUT2D eigenvalue weighted by atomic mass is 15.1. The van der Waals surface area contributed by atoms with Gasteiger partial charge in [0.2, 0.25) is 0 Å². The molecule has 0 aliphatic heterocycles. The molecule has 0 amide bonds. The molecule has 0 spiro atoms. The van der Waals surface area contributed by atoms with Crippen LogP contribution in [0, 0.1) is 0 Å². The summed E-state index contributed by atoms with van der Waals surface area (Å²) in [5.41, 5.74) is 17.2. The largest absolute Gasteiger partial charge is 0.311 e. The lowest BCUT2D eigenvalue weighted by atomic mass is 9.89. The van der Waals surface area contributed by atoms with Crippen molar-refractivity contribution in [1.29, 1.82) is 0 Å². The fraction of sp³-hybridized carbons (Fsp3) is 0.0385. The first-order chi connectivity index (χ1) is 26.8. The standard InChI is InChI=1S/C52H36N2/c1-4-14-37(15-5-1)47-34-49-52-50-44(22-12-23-46(47)50)42-20-10-11-21-43(42)45-24-13-25-48(51(45)52)54(49)41-32-28-36(29-33-41)35-26-30-40(31-27-35)53(38-16-6-2-7-17-38)39-18-8-3-9-19-39/h2-4,6-34H,1,5H2. The van der Waals surface area contributed by atoms with E-state index in [1.165, 1.54) is 77.1 Å². The summed E-state index contributed by atoms with van der Waals surface area (Å²) in [6.07, 6.45) is 9.22. The van der Waals surface area contributed by atoms with Crippen LogP contribution in [0.15, 0.2) is 194 Å². The van der Waals surface area contributed by atoms with Gasteiger partial charge in [0.1, 0.15) is 0 Å². The van der Waals surface area contributed by atoms with Crippen LogP contribution in [-0.2, 0) is 0 Å². The predicted octanol–water partition coefficient (Wildman–Crippen LogP) is 14.5. The predicted molar refractivity (Wildman–Crippen MR) is 229 cm³/mol. The molecule has 9 aromatic rings. The Hall–Kier alpha value is -6.90. The third-order valence-corrected chi connectivity index (χ3v) is 11.3. The zero-order valence-electron chi connectivity index (χ0n) is 29.8.